The first-order valence-corrected chi connectivity index (χ1v) is 3.44. The molecule has 0 aromatic carbocycles. The number of H-pyrrole nitrogens is 1. The first-order chi connectivity index (χ1) is 6.31. The molecule has 0 aliphatic rings. The van der Waals surface area contributed by atoms with Gasteiger partial charge >= 0.3 is 0 Å². The van der Waals surface area contributed by atoms with Crippen LogP contribution < -0.4 is 5.56 Å². The number of rotatable bonds is 1. The van der Waals surface area contributed by atoms with Gasteiger partial charge in [-0.1, -0.05) is 0 Å². The van der Waals surface area contributed by atoms with Crippen molar-refractivity contribution in [2.45, 2.75) is 0 Å². The van der Waals surface area contributed by atoms with Gasteiger partial charge in [0.1, 0.15) is 5.52 Å². The molecule has 0 radical (unpaired) electrons. The summed E-state index contributed by atoms with van der Waals surface area (Å²) in [5.74, 6) is -0.0452. The van der Waals surface area contributed by atoms with E-state index in [2.05, 4.69) is 20.1 Å². The third-order valence-electron chi connectivity index (χ3n) is 1.53. The number of aromatic nitrogens is 3. The molecule has 0 saturated heterocycles. The largest absolute Gasteiger partial charge is 0.302 e. The minimum atomic E-state index is -0.331. The fourth-order valence-electron chi connectivity index (χ4n) is 1.02. The van der Waals surface area contributed by atoms with E-state index in [4.69, 9.17) is 5.53 Å². The zero-order valence-corrected chi connectivity index (χ0v) is 6.38. The molecule has 2 heterocycles. The molecule has 2 rings (SSSR count). The molecule has 0 amide bonds. The van der Waals surface area contributed by atoms with Crippen molar-refractivity contribution < 1.29 is 0 Å². The zero-order valence-electron chi connectivity index (χ0n) is 6.38. The topological polar surface area (TPSA) is 98.9 Å². The van der Waals surface area contributed by atoms with Crippen LogP contribution in [-0.4, -0.2) is 14.6 Å². The number of nitrogens with one attached hydrogen (secondary N) is 1. The van der Waals surface area contributed by atoms with E-state index in [0.717, 1.165) is 0 Å². The third kappa shape index (κ3) is 1.13. The van der Waals surface area contributed by atoms with Gasteiger partial charge in [0.2, 0.25) is 5.95 Å². The Kier molecular flexibility index (Phi) is 1.50. The molecule has 2 aromatic heterocycles. The van der Waals surface area contributed by atoms with Crippen LogP contribution in [0.5, 0.6) is 0 Å². The number of aromatic amines is 1. The van der Waals surface area contributed by atoms with Crippen LogP contribution in [0, 0.1) is 0 Å². The van der Waals surface area contributed by atoms with Crippen molar-refractivity contribution in [3.8, 4) is 0 Å². The maximum Gasteiger partial charge on any atom is 0.275 e. The van der Waals surface area contributed by atoms with Gasteiger partial charge < -0.3 is 4.98 Å². The minimum Gasteiger partial charge on any atom is -0.302 e. The van der Waals surface area contributed by atoms with Crippen LogP contribution in [0.15, 0.2) is 28.2 Å². The summed E-state index contributed by atoms with van der Waals surface area (Å²) in [5.41, 5.74) is 8.20. The summed E-state index contributed by atoms with van der Waals surface area (Å²) in [5, 5.41) is 7.02. The Hall–Kier alpha value is -2.27. The summed E-state index contributed by atoms with van der Waals surface area (Å²) in [6.07, 6.45) is 1.60. The summed E-state index contributed by atoms with van der Waals surface area (Å²) >= 11 is 0. The quantitative estimate of drug-likeness (QED) is 0.397. The molecule has 13 heavy (non-hydrogen) atoms. The van der Waals surface area contributed by atoms with Crippen LogP contribution in [-0.2, 0) is 0 Å². The summed E-state index contributed by atoms with van der Waals surface area (Å²) in [4.78, 5) is 16.1. The fourth-order valence-corrected chi connectivity index (χ4v) is 1.02. The van der Waals surface area contributed by atoms with E-state index in [1.54, 1.807) is 18.3 Å². The van der Waals surface area contributed by atoms with Gasteiger partial charge in [0.25, 0.3) is 5.56 Å². The maximum atomic E-state index is 11.2. The van der Waals surface area contributed by atoms with Gasteiger partial charge in [-0.05, 0) is 22.8 Å². The lowest BCUT2D eigenvalue weighted by atomic mass is 10.5. The standard InChI is InChI=1S/C6H4N6O/c7-11-9-6-8-5(13)4-2-1-3-12(4)10-6/h1-3H,(H,8,10,13). The molecule has 7 heteroatoms. The van der Waals surface area contributed by atoms with E-state index in [0.29, 0.717) is 5.52 Å². The maximum absolute atomic E-state index is 11.2. The Morgan fingerprint density at radius 1 is 1.69 bits per heavy atom. The first kappa shape index (κ1) is 7.38. The van der Waals surface area contributed by atoms with E-state index in [9.17, 15) is 4.79 Å². The molecular formula is C6H4N6O. The second-order valence-corrected chi connectivity index (χ2v) is 2.31. The predicted molar refractivity (Wildman–Crippen MR) is 44.6 cm³/mol. The molecule has 0 aliphatic carbocycles. The molecule has 0 atom stereocenters. The first-order valence-electron chi connectivity index (χ1n) is 3.44. The average Bonchev–Trinajstić information content (AvgIpc) is 2.53. The lowest BCUT2D eigenvalue weighted by Gasteiger charge is -1.93. The van der Waals surface area contributed by atoms with Gasteiger partial charge in [-0.15, -0.1) is 5.10 Å². The van der Waals surface area contributed by atoms with Gasteiger partial charge in [0.15, 0.2) is 0 Å². The molecule has 7 nitrogen and oxygen atoms in total. The Morgan fingerprint density at radius 3 is 3.31 bits per heavy atom. The number of hydrogen-bond donors (Lipinski definition) is 1. The highest BCUT2D eigenvalue weighted by atomic mass is 16.1. The highest BCUT2D eigenvalue weighted by Crippen LogP contribution is 2.01. The number of nitrogens with zero attached hydrogens (tertiary/aromatic N) is 5. The lowest BCUT2D eigenvalue weighted by Crippen LogP contribution is -2.10. The molecule has 64 valence electrons. The van der Waals surface area contributed by atoms with E-state index in [1.807, 2.05) is 0 Å². The summed E-state index contributed by atoms with van der Waals surface area (Å²) in [6, 6.07) is 3.29. The molecule has 0 spiro atoms. The van der Waals surface area contributed by atoms with Crippen molar-refractivity contribution in [1.29, 1.82) is 0 Å². The molecular weight excluding hydrogens is 172 g/mol. The normalized spacial score (nSPS) is 9.85. The molecule has 0 fully saturated rings. The zero-order chi connectivity index (χ0) is 9.26. The predicted octanol–water partition coefficient (Wildman–Crippen LogP) is 0.964. The summed E-state index contributed by atoms with van der Waals surface area (Å²) < 4.78 is 1.35. The average molecular weight is 176 g/mol. The summed E-state index contributed by atoms with van der Waals surface area (Å²) in [7, 11) is 0. The molecule has 1 N–H and O–H groups in total. The second-order valence-electron chi connectivity index (χ2n) is 2.31. The molecule has 0 aliphatic heterocycles. The van der Waals surface area contributed by atoms with E-state index >= 15 is 0 Å². The number of azide groups is 1. The van der Waals surface area contributed by atoms with Gasteiger partial charge in [-0.25, -0.2) is 4.52 Å². The SMILES string of the molecule is [N-]=[N+]=Nc1nn2cccc2c(=O)[nH]1. The molecule has 0 saturated carbocycles. The van der Waals surface area contributed by atoms with Crippen LogP contribution in [0.25, 0.3) is 16.0 Å². The van der Waals surface area contributed by atoms with Crippen molar-refractivity contribution >= 4 is 11.5 Å². The second kappa shape index (κ2) is 2.65. The highest BCUT2D eigenvalue weighted by Gasteiger charge is 1.99. The third-order valence-corrected chi connectivity index (χ3v) is 1.53. The molecule has 0 unspecified atom stereocenters. The van der Waals surface area contributed by atoms with Crippen LogP contribution in [0.4, 0.5) is 5.95 Å². The van der Waals surface area contributed by atoms with Crippen molar-refractivity contribution in [2.24, 2.45) is 5.11 Å². The van der Waals surface area contributed by atoms with Gasteiger partial charge in [-0.3, -0.25) is 4.79 Å². The van der Waals surface area contributed by atoms with Crippen LogP contribution in [0.1, 0.15) is 0 Å². The Labute approximate surface area is 71.3 Å². The lowest BCUT2D eigenvalue weighted by molar-refractivity contribution is 0.886. The number of fused-ring (bicyclic) bond motifs is 1. The Morgan fingerprint density at radius 2 is 2.54 bits per heavy atom. The Balaban J connectivity index is 2.84. The molecule has 2 aromatic rings. The van der Waals surface area contributed by atoms with E-state index < -0.39 is 0 Å². The highest BCUT2D eigenvalue weighted by molar-refractivity contribution is 5.44. The van der Waals surface area contributed by atoms with Crippen molar-refractivity contribution in [3.63, 3.8) is 0 Å². The van der Waals surface area contributed by atoms with Crippen molar-refractivity contribution in [2.75, 3.05) is 0 Å². The van der Waals surface area contributed by atoms with E-state index in [-0.39, 0.29) is 11.5 Å². The monoisotopic (exact) mass is 176 g/mol. The molecule has 0 bridgehead atoms. The van der Waals surface area contributed by atoms with Crippen molar-refractivity contribution in [3.05, 3.63) is 39.1 Å². The number of hydrogen-bond acceptors (Lipinski definition) is 3. The van der Waals surface area contributed by atoms with Crippen LogP contribution in [0.2, 0.25) is 0 Å². The fraction of sp³-hybridized carbons (Fsp3) is 0. The van der Waals surface area contributed by atoms with Gasteiger partial charge in [-0.2, -0.15) is 0 Å². The summed E-state index contributed by atoms with van der Waals surface area (Å²) in [6.45, 7) is 0. The Bertz CT molecular complexity index is 545. The van der Waals surface area contributed by atoms with Gasteiger partial charge in [0.05, 0.1) is 0 Å². The minimum absolute atomic E-state index is 0.0452. The van der Waals surface area contributed by atoms with Crippen LogP contribution >= 0.6 is 0 Å². The van der Waals surface area contributed by atoms with E-state index in [1.165, 1.54) is 4.52 Å². The van der Waals surface area contributed by atoms with Gasteiger partial charge in [0, 0.05) is 11.1 Å². The van der Waals surface area contributed by atoms with Crippen LogP contribution in [0.3, 0.4) is 0 Å². The smallest absolute Gasteiger partial charge is 0.275 e. The van der Waals surface area contributed by atoms with Crippen molar-refractivity contribution in [1.82, 2.24) is 14.6 Å².